The summed E-state index contributed by atoms with van der Waals surface area (Å²) < 4.78 is 1.59. The van der Waals surface area contributed by atoms with E-state index in [1.807, 2.05) is 5.38 Å². The smallest absolute Gasteiger partial charge is 0.236 e. The fraction of sp³-hybridized carbons (Fsp3) is 0.278. The molecule has 0 aliphatic rings. The Balaban J connectivity index is 1.64. The summed E-state index contributed by atoms with van der Waals surface area (Å²) in [6.07, 6.45) is 1.70. The number of thiazole rings is 1. The van der Waals surface area contributed by atoms with Crippen LogP contribution in [0.5, 0.6) is 0 Å². The lowest BCUT2D eigenvalue weighted by Gasteiger charge is -2.07. The molecule has 3 rings (SSSR count). The average molecular weight is 401 g/mol. The summed E-state index contributed by atoms with van der Waals surface area (Å²) in [6, 6.07) is 4.30. The molecule has 0 bridgehead atoms. The Hall–Kier alpha value is -2.52. The van der Waals surface area contributed by atoms with Gasteiger partial charge in [-0.25, -0.2) is 9.67 Å². The Morgan fingerprint density at radius 1 is 1.30 bits per heavy atom. The molecule has 1 N–H and O–H groups in total. The number of tetrazole rings is 1. The number of hydrogen-bond donors (Lipinski definition) is 1. The van der Waals surface area contributed by atoms with Crippen molar-refractivity contribution < 1.29 is 4.79 Å². The third-order valence-electron chi connectivity index (χ3n) is 4.00. The van der Waals surface area contributed by atoms with Crippen LogP contribution in [0.25, 0.3) is 11.3 Å². The topological polar surface area (TPSA) is 85.6 Å². The largest absolute Gasteiger partial charge is 0.301 e. The highest BCUT2D eigenvalue weighted by molar-refractivity contribution is 7.99. The molecule has 0 unspecified atom stereocenters. The number of nitrogens with zero attached hydrogens (tertiary/aromatic N) is 5. The van der Waals surface area contributed by atoms with Gasteiger partial charge in [-0.3, -0.25) is 4.79 Å². The summed E-state index contributed by atoms with van der Waals surface area (Å²) in [5.41, 5.74) is 5.62. The van der Waals surface area contributed by atoms with Crippen LogP contribution in [-0.2, 0) is 11.3 Å². The molecule has 3 aromatic rings. The van der Waals surface area contributed by atoms with E-state index in [0.717, 1.165) is 11.3 Å². The molecule has 0 spiro atoms. The zero-order valence-corrected chi connectivity index (χ0v) is 17.0. The van der Waals surface area contributed by atoms with Gasteiger partial charge in [-0.1, -0.05) is 23.9 Å². The third kappa shape index (κ3) is 4.61. The minimum absolute atomic E-state index is 0.147. The lowest BCUT2D eigenvalue weighted by molar-refractivity contribution is -0.113. The Morgan fingerprint density at radius 3 is 2.85 bits per heavy atom. The van der Waals surface area contributed by atoms with E-state index < -0.39 is 0 Å². The summed E-state index contributed by atoms with van der Waals surface area (Å²) in [6.45, 7) is 10.4. The maximum Gasteiger partial charge on any atom is 0.236 e. The first-order valence-electron chi connectivity index (χ1n) is 8.31. The minimum Gasteiger partial charge on any atom is -0.301 e. The van der Waals surface area contributed by atoms with Crippen LogP contribution >= 0.6 is 23.1 Å². The second-order valence-electron chi connectivity index (χ2n) is 6.06. The van der Waals surface area contributed by atoms with Gasteiger partial charge in [0.25, 0.3) is 0 Å². The van der Waals surface area contributed by atoms with Gasteiger partial charge in [0.1, 0.15) is 0 Å². The number of carbonyl (C=O) groups excluding carboxylic acids is 1. The van der Waals surface area contributed by atoms with Crippen molar-refractivity contribution in [1.29, 1.82) is 0 Å². The lowest BCUT2D eigenvalue weighted by atomic mass is 9.99. The number of amides is 1. The van der Waals surface area contributed by atoms with Crippen LogP contribution in [0.15, 0.2) is 35.3 Å². The highest BCUT2D eigenvalue weighted by atomic mass is 32.2. The molecule has 0 aliphatic carbocycles. The van der Waals surface area contributed by atoms with E-state index in [1.54, 1.807) is 10.8 Å². The van der Waals surface area contributed by atoms with Crippen molar-refractivity contribution in [2.45, 2.75) is 32.5 Å². The summed E-state index contributed by atoms with van der Waals surface area (Å²) in [5.74, 6) is 0.0561. The van der Waals surface area contributed by atoms with Crippen molar-refractivity contribution in [3.8, 4) is 11.3 Å². The van der Waals surface area contributed by atoms with Crippen LogP contribution < -0.4 is 5.32 Å². The number of aryl methyl sites for hydroxylation is 3. The lowest BCUT2D eigenvalue weighted by Crippen LogP contribution is -2.14. The first-order chi connectivity index (χ1) is 13.0. The van der Waals surface area contributed by atoms with E-state index in [0.29, 0.717) is 16.8 Å². The van der Waals surface area contributed by atoms with Crippen molar-refractivity contribution in [2.75, 3.05) is 11.1 Å². The number of allylic oxidation sites excluding steroid dienone is 1. The van der Waals surface area contributed by atoms with E-state index in [1.165, 1.54) is 39.8 Å². The predicted octanol–water partition coefficient (Wildman–Crippen LogP) is 3.64. The standard InChI is InChI=1S/C18H20N6OS2/c1-5-6-24-18(21-22-23-24)27-10-16(25)20-17-19-15(9-26-17)14-8-12(3)11(2)7-13(14)4/h5,7-9H,1,6,10H2,2-4H3,(H,19,20,25). The van der Waals surface area contributed by atoms with Gasteiger partial charge in [0.2, 0.25) is 11.1 Å². The maximum absolute atomic E-state index is 12.2. The van der Waals surface area contributed by atoms with Crippen molar-refractivity contribution in [2.24, 2.45) is 0 Å². The highest BCUT2D eigenvalue weighted by Crippen LogP contribution is 2.29. The molecule has 1 aromatic carbocycles. The number of anilines is 1. The minimum atomic E-state index is -0.147. The van der Waals surface area contributed by atoms with Crippen LogP contribution in [0.4, 0.5) is 5.13 Å². The molecule has 0 radical (unpaired) electrons. The molecule has 27 heavy (non-hydrogen) atoms. The molecule has 7 nitrogen and oxygen atoms in total. The van der Waals surface area contributed by atoms with E-state index in [2.05, 4.69) is 65.3 Å². The molecule has 2 aromatic heterocycles. The number of benzene rings is 1. The molecule has 0 atom stereocenters. The van der Waals surface area contributed by atoms with Crippen LogP contribution in [0.3, 0.4) is 0 Å². The van der Waals surface area contributed by atoms with Gasteiger partial charge >= 0.3 is 0 Å². The summed E-state index contributed by atoms with van der Waals surface area (Å²) >= 11 is 2.69. The van der Waals surface area contributed by atoms with E-state index in [-0.39, 0.29) is 11.7 Å². The molecule has 2 heterocycles. The first-order valence-corrected chi connectivity index (χ1v) is 10.2. The number of thioether (sulfide) groups is 1. The van der Waals surface area contributed by atoms with Gasteiger partial charge < -0.3 is 5.32 Å². The molecule has 140 valence electrons. The Bertz CT molecular complexity index is 978. The van der Waals surface area contributed by atoms with E-state index in [4.69, 9.17) is 0 Å². The normalized spacial score (nSPS) is 10.8. The summed E-state index contributed by atoms with van der Waals surface area (Å²) in [4.78, 5) is 16.8. The quantitative estimate of drug-likeness (QED) is 0.481. The second-order valence-corrected chi connectivity index (χ2v) is 7.86. The first kappa shape index (κ1) is 19.2. The van der Waals surface area contributed by atoms with Crippen molar-refractivity contribution in [3.63, 3.8) is 0 Å². The monoisotopic (exact) mass is 400 g/mol. The van der Waals surface area contributed by atoms with Gasteiger partial charge in [-0.2, -0.15) is 0 Å². The second kappa shape index (κ2) is 8.45. The highest BCUT2D eigenvalue weighted by Gasteiger charge is 2.13. The Kier molecular flexibility index (Phi) is 6.02. The number of hydrogen-bond acceptors (Lipinski definition) is 7. The Morgan fingerprint density at radius 2 is 2.07 bits per heavy atom. The molecule has 0 saturated carbocycles. The SMILES string of the molecule is C=CCn1nnnc1SCC(=O)Nc1nc(-c2cc(C)c(C)cc2C)cs1. The number of rotatable bonds is 7. The van der Waals surface area contributed by atoms with Crippen molar-refractivity contribution in [3.05, 3.63) is 46.9 Å². The molecule has 0 fully saturated rings. The third-order valence-corrected chi connectivity index (χ3v) is 5.72. The van der Waals surface area contributed by atoms with E-state index >= 15 is 0 Å². The molecular weight excluding hydrogens is 380 g/mol. The molecular formula is C18H20N6OS2. The van der Waals surface area contributed by atoms with Gasteiger partial charge in [0, 0.05) is 10.9 Å². The zero-order chi connectivity index (χ0) is 19.4. The molecule has 0 aliphatic heterocycles. The summed E-state index contributed by atoms with van der Waals surface area (Å²) in [5, 5.41) is 17.3. The van der Waals surface area contributed by atoms with Gasteiger partial charge in [0.15, 0.2) is 5.13 Å². The maximum atomic E-state index is 12.2. The number of carbonyl (C=O) groups is 1. The fourth-order valence-corrected chi connectivity index (χ4v) is 3.93. The van der Waals surface area contributed by atoms with Crippen LogP contribution in [0.1, 0.15) is 16.7 Å². The molecule has 1 amide bonds. The Labute approximate surface area is 165 Å². The van der Waals surface area contributed by atoms with Crippen LogP contribution in [0.2, 0.25) is 0 Å². The molecule has 9 heteroatoms. The average Bonchev–Trinajstić information content (AvgIpc) is 3.26. The van der Waals surface area contributed by atoms with Crippen molar-refractivity contribution >= 4 is 34.1 Å². The van der Waals surface area contributed by atoms with Crippen LogP contribution in [-0.4, -0.2) is 36.9 Å². The predicted molar refractivity (Wildman–Crippen MR) is 109 cm³/mol. The van der Waals surface area contributed by atoms with E-state index in [9.17, 15) is 4.79 Å². The number of aromatic nitrogens is 5. The van der Waals surface area contributed by atoms with Gasteiger partial charge in [-0.05, 0) is 54.0 Å². The fourth-order valence-electron chi connectivity index (χ4n) is 2.51. The van der Waals surface area contributed by atoms with Crippen LogP contribution in [0, 0.1) is 20.8 Å². The summed E-state index contributed by atoms with van der Waals surface area (Å²) in [7, 11) is 0. The van der Waals surface area contributed by atoms with Gasteiger partial charge in [0.05, 0.1) is 18.0 Å². The van der Waals surface area contributed by atoms with Gasteiger partial charge in [-0.15, -0.1) is 23.0 Å². The van der Waals surface area contributed by atoms with Crippen molar-refractivity contribution in [1.82, 2.24) is 25.2 Å². The zero-order valence-electron chi connectivity index (χ0n) is 15.4. The number of nitrogens with one attached hydrogen (secondary N) is 1. The molecule has 0 saturated heterocycles.